The lowest BCUT2D eigenvalue weighted by atomic mass is 10.2. The van der Waals surface area contributed by atoms with Gasteiger partial charge in [-0.3, -0.25) is 18.7 Å². The molecule has 34 heavy (non-hydrogen) atoms. The van der Waals surface area contributed by atoms with E-state index in [-0.39, 0.29) is 18.0 Å². The van der Waals surface area contributed by atoms with Crippen LogP contribution in [-0.4, -0.2) is 54.1 Å². The van der Waals surface area contributed by atoms with Gasteiger partial charge in [-0.1, -0.05) is 30.3 Å². The molecule has 1 unspecified atom stereocenters. The molecule has 0 radical (unpaired) electrons. The third-order valence-corrected chi connectivity index (χ3v) is 6.05. The lowest BCUT2D eigenvalue weighted by Gasteiger charge is -2.18. The number of methoxy groups -OCH3 is 1. The number of ketones is 1. The van der Waals surface area contributed by atoms with Crippen LogP contribution in [0.25, 0.3) is 5.69 Å². The third-order valence-electron chi connectivity index (χ3n) is 4.94. The molecule has 1 atom stereocenters. The molecule has 1 N–H and O–H groups in total. The van der Waals surface area contributed by atoms with Crippen LogP contribution in [-0.2, 0) is 15.7 Å². The van der Waals surface area contributed by atoms with Gasteiger partial charge in [0.05, 0.1) is 13.7 Å². The minimum absolute atomic E-state index is 0.00884. The molecular formula is C24H27N2O7P. The molecule has 0 aliphatic rings. The molecule has 3 aromatic rings. The quantitative estimate of drug-likeness (QED) is 0.350. The predicted octanol–water partition coefficient (Wildman–Crippen LogP) is 4.51. The summed E-state index contributed by atoms with van der Waals surface area (Å²) in [6.45, 7) is 2.47. The molecule has 0 spiro atoms. The van der Waals surface area contributed by atoms with E-state index in [9.17, 15) is 19.3 Å². The smallest absolute Gasteiger partial charge is 0.376 e. The number of carbonyl (C=O) groups is 2. The molecule has 1 heterocycles. The summed E-state index contributed by atoms with van der Waals surface area (Å²) < 4.78 is 30.8. The summed E-state index contributed by atoms with van der Waals surface area (Å²) >= 11 is 0. The van der Waals surface area contributed by atoms with E-state index in [4.69, 9.17) is 13.8 Å². The highest BCUT2D eigenvalue weighted by molar-refractivity contribution is 7.53. The SMILES string of the molecule is COc1ccc(-n2c(C(C)=O)c(O)c(OP(C)(=O)OCc3ccccc3)c2C(=O)N(C)C)cc1. The largest absolute Gasteiger partial charge is 0.503 e. The van der Waals surface area contributed by atoms with Crippen LogP contribution in [0, 0.1) is 0 Å². The van der Waals surface area contributed by atoms with Crippen molar-refractivity contribution >= 4 is 19.3 Å². The van der Waals surface area contributed by atoms with E-state index < -0.39 is 30.8 Å². The van der Waals surface area contributed by atoms with Gasteiger partial charge in [0.15, 0.2) is 17.2 Å². The number of hydrogen-bond donors (Lipinski definition) is 1. The Morgan fingerprint density at radius 1 is 1.03 bits per heavy atom. The van der Waals surface area contributed by atoms with E-state index in [2.05, 4.69) is 0 Å². The molecule has 0 bridgehead atoms. The maximum absolute atomic E-state index is 13.2. The standard InChI is InChI=1S/C24H27N2O7P/c1-16(27)20-22(28)23(33-34(5,30)32-15-17-9-7-6-8-10-17)21(24(29)25(2)3)26(20)18-11-13-19(31-4)14-12-18/h6-14,28H,15H2,1-5H3. The van der Waals surface area contributed by atoms with Crippen LogP contribution in [0.15, 0.2) is 54.6 Å². The number of rotatable bonds is 9. The average molecular weight is 486 g/mol. The Labute approximate surface area is 198 Å². The fraction of sp³-hybridized carbons (Fsp3) is 0.250. The Morgan fingerprint density at radius 3 is 2.18 bits per heavy atom. The monoisotopic (exact) mass is 486 g/mol. The number of amides is 1. The van der Waals surface area contributed by atoms with Gasteiger partial charge in [0.2, 0.25) is 5.75 Å². The van der Waals surface area contributed by atoms with Crippen LogP contribution in [0.4, 0.5) is 0 Å². The number of benzene rings is 2. The Hall–Kier alpha value is -3.55. The molecule has 0 aliphatic carbocycles. The predicted molar refractivity (Wildman–Crippen MR) is 127 cm³/mol. The minimum Gasteiger partial charge on any atom is -0.503 e. The van der Waals surface area contributed by atoms with Crippen LogP contribution in [0.1, 0.15) is 33.5 Å². The van der Waals surface area contributed by atoms with Crippen molar-refractivity contribution in [1.82, 2.24) is 9.47 Å². The fourth-order valence-corrected chi connectivity index (χ4v) is 4.24. The number of ether oxygens (including phenoxy) is 1. The molecule has 10 heteroatoms. The first kappa shape index (κ1) is 25.1. The number of Topliss-reactive ketones (excluding diaryl/α,β-unsaturated/α-hetero) is 1. The molecule has 0 saturated heterocycles. The number of nitrogens with zero attached hydrogens (tertiary/aromatic N) is 2. The van der Waals surface area contributed by atoms with Crippen molar-refractivity contribution in [2.24, 2.45) is 0 Å². The lowest BCUT2D eigenvalue weighted by Crippen LogP contribution is -2.25. The van der Waals surface area contributed by atoms with Gasteiger partial charge in [-0.05, 0) is 29.8 Å². The molecule has 1 amide bonds. The maximum Gasteiger partial charge on any atom is 0.376 e. The molecule has 0 fully saturated rings. The highest BCUT2D eigenvalue weighted by Gasteiger charge is 2.35. The fourth-order valence-electron chi connectivity index (χ4n) is 3.30. The van der Waals surface area contributed by atoms with E-state index in [1.807, 2.05) is 18.2 Å². The van der Waals surface area contributed by atoms with Crippen molar-refractivity contribution < 1.29 is 33.0 Å². The Balaban J connectivity index is 2.13. The van der Waals surface area contributed by atoms with Crippen molar-refractivity contribution in [2.75, 3.05) is 27.9 Å². The van der Waals surface area contributed by atoms with Gasteiger partial charge in [-0.15, -0.1) is 0 Å². The van der Waals surface area contributed by atoms with E-state index >= 15 is 0 Å². The highest BCUT2D eigenvalue weighted by Crippen LogP contribution is 2.51. The lowest BCUT2D eigenvalue weighted by molar-refractivity contribution is 0.0817. The van der Waals surface area contributed by atoms with Crippen molar-refractivity contribution in [3.05, 3.63) is 71.5 Å². The molecule has 2 aromatic carbocycles. The average Bonchev–Trinajstić information content (AvgIpc) is 3.09. The number of aromatic nitrogens is 1. The zero-order valence-electron chi connectivity index (χ0n) is 19.6. The van der Waals surface area contributed by atoms with Gasteiger partial charge in [0.1, 0.15) is 11.4 Å². The Morgan fingerprint density at radius 2 is 1.65 bits per heavy atom. The second kappa shape index (κ2) is 10.2. The van der Waals surface area contributed by atoms with Gasteiger partial charge in [-0.2, -0.15) is 0 Å². The highest BCUT2D eigenvalue weighted by atomic mass is 31.2. The summed E-state index contributed by atoms with van der Waals surface area (Å²) in [6.07, 6.45) is 0. The second-order valence-corrected chi connectivity index (χ2v) is 9.77. The number of aromatic hydroxyl groups is 1. The molecule has 3 rings (SSSR count). The van der Waals surface area contributed by atoms with Crippen molar-refractivity contribution in [2.45, 2.75) is 13.5 Å². The van der Waals surface area contributed by atoms with Crippen LogP contribution in [0.5, 0.6) is 17.2 Å². The van der Waals surface area contributed by atoms with Crippen molar-refractivity contribution in [3.63, 3.8) is 0 Å². The molecule has 0 saturated carbocycles. The Bertz CT molecular complexity index is 1230. The van der Waals surface area contributed by atoms with Crippen LogP contribution in [0.3, 0.4) is 0 Å². The second-order valence-electron chi connectivity index (χ2n) is 7.79. The molecule has 9 nitrogen and oxygen atoms in total. The van der Waals surface area contributed by atoms with E-state index in [1.165, 1.54) is 44.3 Å². The molecule has 1 aromatic heterocycles. The normalized spacial score (nSPS) is 12.6. The zero-order chi connectivity index (χ0) is 25.0. The number of carbonyl (C=O) groups excluding carboxylic acids is 2. The van der Waals surface area contributed by atoms with E-state index in [1.54, 1.807) is 36.4 Å². The first-order valence-corrected chi connectivity index (χ1v) is 12.3. The Kier molecular flexibility index (Phi) is 7.49. The van der Waals surface area contributed by atoms with Gasteiger partial charge >= 0.3 is 7.60 Å². The van der Waals surface area contributed by atoms with Gasteiger partial charge in [0, 0.05) is 33.4 Å². The van der Waals surface area contributed by atoms with Crippen LogP contribution < -0.4 is 9.26 Å². The number of hydrogen-bond acceptors (Lipinski definition) is 7. The summed E-state index contributed by atoms with van der Waals surface area (Å²) in [5.74, 6) is -1.52. The first-order chi connectivity index (χ1) is 16.1. The van der Waals surface area contributed by atoms with Crippen molar-refractivity contribution in [1.29, 1.82) is 0 Å². The summed E-state index contributed by atoms with van der Waals surface area (Å²) in [7, 11) is 0.719. The zero-order valence-corrected chi connectivity index (χ0v) is 20.5. The summed E-state index contributed by atoms with van der Waals surface area (Å²) in [4.78, 5) is 27.0. The van der Waals surface area contributed by atoms with Crippen LogP contribution in [0.2, 0.25) is 0 Å². The maximum atomic E-state index is 13.2. The van der Waals surface area contributed by atoms with Gasteiger partial charge in [0.25, 0.3) is 5.91 Å². The van der Waals surface area contributed by atoms with Gasteiger partial charge in [-0.25, -0.2) is 4.57 Å². The van der Waals surface area contributed by atoms with Gasteiger partial charge < -0.3 is 19.3 Å². The molecule has 0 aliphatic heterocycles. The molecule has 180 valence electrons. The van der Waals surface area contributed by atoms with Crippen molar-refractivity contribution in [3.8, 4) is 22.9 Å². The summed E-state index contributed by atoms with van der Waals surface area (Å²) in [5.41, 5.74) is 0.816. The van der Waals surface area contributed by atoms with E-state index in [0.717, 1.165) is 5.56 Å². The minimum atomic E-state index is -3.82. The topological polar surface area (TPSA) is 107 Å². The summed E-state index contributed by atoms with van der Waals surface area (Å²) in [5, 5.41) is 11.0. The molecular weight excluding hydrogens is 459 g/mol. The first-order valence-electron chi connectivity index (χ1n) is 10.4. The van der Waals surface area contributed by atoms with Crippen LogP contribution >= 0.6 is 7.60 Å². The third kappa shape index (κ3) is 5.32. The van der Waals surface area contributed by atoms with E-state index in [0.29, 0.717) is 11.4 Å². The summed E-state index contributed by atoms with van der Waals surface area (Å²) in [6, 6.07) is 15.6.